The van der Waals surface area contributed by atoms with Gasteiger partial charge >= 0.3 is 0 Å². The van der Waals surface area contributed by atoms with Crippen LogP contribution in [0.1, 0.15) is 56.0 Å². The van der Waals surface area contributed by atoms with E-state index in [0.29, 0.717) is 31.5 Å². The molecule has 1 atom stereocenters. The highest BCUT2D eigenvalue weighted by molar-refractivity contribution is 5.94. The quantitative estimate of drug-likeness (QED) is 0.760. The predicted octanol–water partition coefficient (Wildman–Crippen LogP) is 4.55. The number of carbonyl (C=O) groups excluding carboxylic acids is 2. The van der Waals surface area contributed by atoms with Gasteiger partial charge in [-0.2, -0.15) is 0 Å². The predicted molar refractivity (Wildman–Crippen MR) is 117 cm³/mol. The summed E-state index contributed by atoms with van der Waals surface area (Å²) in [6, 6.07) is 16.0. The lowest BCUT2D eigenvalue weighted by atomic mass is 9.79. The second kappa shape index (κ2) is 9.41. The first-order valence-electron chi connectivity index (χ1n) is 10.7. The number of nitrogens with zero attached hydrogens (tertiary/aromatic N) is 1. The second-order valence-corrected chi connectivity index (χ2v) is 8.94. The molecule has 1 N–H and O–H groups in total. The number of hydrogen-bond donors (Lipinski definition) is 1. The zero-order valence-corrected chi connectivity index (χ0v) is 18.0. The Bertz CT molecular complexity index is 856. The summed E-state index contributed by atoms with van der Waals surface area (Å²) in [5.41, 5.74) is 1.72. The molecule has 160 valence electrons. The molecule has 1 aliphatic rings. The maximum atomic E-state index is 13.1. The lowest BCUT2D eigenvalue weighted by Crippen LogP contribution is -2.45. The first-order valence-corrected chi connectivity index (χ1v) is 10.7. The summed E-state index contributed by atoms with van der Waals surface area (Å²) >= 11 is 0. The molecule has 4 nitrogen and oxygen atoms in total. The third kappa shape index (κ3) is 5.47. The van der Waals surface area contributed by atoms with Crippen LogP contribution < -0.4 is 5.32 Å². The fourth-order valence-electron chi connectivity index (χ4n) is 4.30. The van der Waals surface area contributed by atoms with Gasteiger partial charge in [-0.15, -0.1) is 0 Å². The Kier molecular flexibility index (Phi) is 6.91. The van der Waals surface area contributed by atoms with Crippen molar-refractivity contribution in [1.82, 2.24) is 10.2 Å². The lowest BCUT2D eigenvalue weighted by molar-refractivity contribution is -0.127. The number of hydrogen-bond acceptors (Lipinski definition) is 2. The number of rotatable bonds is 6. The van der Waals surface area contributed by atoms with Crippen molar-refractivity contribution in [2.45, 2.75) is 51.5 Å². The van der Waals surface area contributed by atoms with Crippen molar-refractivity contribution in [3.8, 4) is 0 Å². The van der Waals surface area contributed by atoms with Crippen molar-refractivity contribution in [3.05, 3.63) is 71.5 Å². The van der Waals surface area contributed by atoms with Crippen LogP contribution in [0, 0.1) is 11.7 Å². The van der Waals surface area contributed by atoms with E-state index in [9.17, 15) is 14.0 Å². The number of benzene rings is 2. The highest BCUT2D eigenvalue weighted by Gasteiger charge is 2.30. The van der Waals surface area contributed by atoms with E-state index in [1.807, 2.05) is 18.2 Å². The van der Waals surface area contributed by atoms with E-state index < -0.39 is 0 Å². The van der Waals surface area contributed by atoms with Crippen molar-refractivity contribution in [1.29, 1.82) is 0 Å². The van der Waals surface area contributed by atoms with Crippen molar-refractivity contribution in [2.24, 2.45) is 5.92 Å². The third-order valence-corrected chi connectivity index (χ3v) is 6.00. The Balaban J connectivity index is 1.49. The SMILES string of the molecule is CC(CC(C)(C)c1ccccc1)NC(=O)C1CCN(C(=O)c2ccc(F)cc2)CC1. The smallest absolute Gasteiger partial charge is 0.253 e. The molecule has 0 radical (unpaired) electrons. The first-order chi connectivity index (χ1) is 14.3. The summed E-state index contributed by atoms with van der Waals surface area (Å²) in [4.78, 5) is 27.1. The lowest BCUT2D eigenvalue weighted by Gasteiger charge is -2.33. The topological polar surface area (TPSA) is 49.4 Å². The van der Waals surface area contributed by atoms with Gasteiger partial charge in [0.25, 0.3) is 5.91 Å². The van der Waals surface area contributed by atoms with E-state index in [-0.39, 0.29) is 35.0 Å². The molecule has 2 amide bonds. The number of likely N-dealkylation sites (tertiary alicyclic amines) is 1. The van der Waals surface area contributed by atoms with Crippen LogP contribution >= 0.6 is 0 Å². The minimum atomic E-state index is -0.355. The van der Waals surface area contributed by atoms with E-state index in [1.165, 1.54) is 29.8 Å². The molecular weight excluding hydrogens is 379 g/mol. The maximum absolute atomic E-state index is 13.1. The molecule has 2 aromatic rings. The van der Waals surface area contributed by atoms with Gasteiger partial charge in [-0.1, -0.05) is 44.2 Å². The summed E-state index contributed by atoms with van der Waals surface area (Å²) in [5, 5.41) is 3.17. The molecule has 5 heteroatoms. The zero-order chi connectivity index (χ0) is 21.7. The van der Waals surface area contributed by atoms with Gasteiger partial charge in [0.05, 0.1) is 0 Å². The van der Waals surface area contributed by atoms with Gasteiger partial charge in [0.15, 0.2) is 0 Å². The van der Waals surface area contributed by atoms with Crippen molar-refractivity contribution < 1.29 is 14.0 Å². The summed E-state index contributed by atoms with van der Waals surface area (Å²) in [5.74, 6) is -0.469. The van der Waals surface area contributed by atoms with Gasteiger partial charge in [-0.05, 0) is 61.4 Å². The standard InChI is InChI=1S/C25H31FN2O2/c1-18(17-25(2,3)21-7-5-4-6-8-21)27-23(29)19-13-15-28(16-14-19)24(30)20-9-11-22(26)12-10-20/h4-12,18-19H,13-17H2,1-3H3,(H,27,29). The van der Waals surface area contributed by atoms with Crippen molar-refractivity contribution >= 4 is 11.8 Å². The van der Waals surface area contributed by atoms with Gasteiger partial charge in [0.1, 0.15) is 5.82 Å². The van der Waals surface area contributed by atoms with Crippen LogP contribution in [0.25, 0.3) is 0 Å². The van der Waals surface area contributed by atoms with Crippen LogP contribution in [0.5, 0.6) is 0 Å². The van der Waals surface area contributed by atoms with Crippen molar-refractivity contribution in [2.75, 3.05) is 13.1 Å². The molecule has 0 saturated carbocycles. The largest absolute Gasteiger partial charge is 0.353 e. The molecule has 0 aromatic heterocycles. The Morgan fingerprint density at radius 1 is 1.07 bits per heavy atom. The molecule has 0 bridgehead atoms. The fourth-order valence-corrected chi connectivity index (χ4v) is 4.30. The minimum Gasteiger partial charge on any atom is -0.353 e. The Hall–Kier alpha value is -2.69. The number of halogens is 1. The molecule has 1 saturated heterocycles. The Morgan fingerprint density at radius 2 is 1.67 bits per heavy atom. The molecule has 30 heavy (non-hydrogen) atoms. The third-order valence-electron chi connectivity index (χ3n) is 6.00. The van der Waals surface area contributed by atoms with Crippen LogP contribution in [0.2, 0.25) is 0 Å². The fraction of sp³-hybridized carbons (Fsp3) is 0.440. The zero-order valence-electron chi connectivity index (χ0n) is 18.0. The molecule has 1 unspecified atom stereocenters. The first kappa shape index (κ1) is 22.0. The molecule has 1 heterocycles. The summed E-state index contributed by atoms with van der Waals surface area (Å²) in [7, 11) is 0. The number of nitrogens with one attached hydrogen (secondary N) is 1. The highest BCUT2D eigenvalue weighted by atomic mass is 19.1. The van der Waals surface area contributed by atoms with E-state index in [2.05, 4.69) is 38.2 Å². The van der Waals surface area contributed by atoms with Gasteiger partial charge in [-0.25, -0.2) is 4.39 Å². The summed E-state index contributed by atoms with van der Waals surface area (Å²) in [6.07, 6.45) is 2.14. The Morgan fingerprint density at radius 3 is 2.27 bits per heavy atom. The summed E-state index contributed by atoms with van der Waals surface area (Å²) < 4.78 is 13.1. The van der Waals surface area contributed by atoms with Gasteiger partial charge in [0, 0.05) is 30.6 Å². The van der Waals surface area contributed by atoms with Crippen LogP contribution in [0.15, 0.2) is 54.6 Å². The van der Waals surface area contributed by atoms with Crippen LogP contribution in [-0.2, 0) is 10.2 Å². The van der Waals surface area contributed by atoms with Crippen LogP contribution in [0.4, 0.5) is 4.39 Å². The maximum Gasteiger partial charge on any atom is 0.253 e. The van der Waals surface area contributed by atoms with E-state index in [4.69, 9.17) is 0 Å². The van der Waals surface area contributed by atoms with Gasteiger partial charge in [-0.3, -0.25) is 9.59 Å². The van der Waals surface area contributed by atoms with E-state index in [1.54, 1.807) is 4.90 Å². The molecule has 2 aromatic carbocycles. The second-order valence-electron chi connectivity index (χ2n) is 8.94. The average Bonchev–Trinajstić information content (AvgIpc) is 2.74. The normalized spacial score (nSPS) is 16.2. The minimum absolute atomic E-state index is 0.0289. The average molecular weight is 411 g/mol. The monoisotopic (exact) mass is 410 g/mol. The van der Waals surface area contributed by atoms with Gasteiger partial charge < -0.3 is 10.2 Å². The number of carbonyl (C=O) groups is 2. The summed E-state index contributed by atoms with van der Waals surface area (Å²) in [6.45, 7) is 7.53. The molecule has 1 fully saturated rings. The van der Waals surface area contributed by atoms with E-state index >= 15 is 0 Å². The van der Waals surface area contributed by atoms with Crippen molar-refractivity contribution in [3.63, 3.8) is 0 Å². The molecule has 1 aliphatic heterocycles. The number of amides is 2. The molecule has 3 rings (SSSR count). The highest BCUT2D eigenvalue weighted by Crippen LogP contribution is 2.28. The van der Waals surface area contributed by atoms with Gasteiger partial charge in [0.2, 0.25) is 5.91 Å². The molecule has 0 aliphatic carbocycles. The number of piperidine rings is 1. The Labute approximate surface area is 178 Å². The van der Waals surface area contributed by atoms with E-state index in [0.717, 1.165) is 6.42 Å². The molecular formula is C25H31FN2O2. The van der Waals surface area contributed by atoms with Crippen LogP contribution in [-0.4, -0.2) is 35.8 Å². The van der Waals surface area contributed by atoms with Crippen LogP contribution in [0.3, 0.4) is 0 Å². The molecule has 0 spiro atoms.